The largest absolute Gasteiger partial charge is 0.452 e. The fourth-order valence-electron chi connectivity index (χ4n) is 2.16. The van der Waals surface area contributed by atoms with Crippen LogP contribution in [-0.2, 0) is 9.53 Å². The van der Waals surface area contributed by atoms with Crippen LogP contribution >= 0.6 is 12.6 Å². The molecular formula is C23H36O2S. The lowest BCUT2D eigenvalue weighted by Crippen LogP contribution is -2.08. The van der Waals surface area contributed by atoms with E-state index in [4.69, 9.17) is 4.74 Å². The van der Waals surface area contributed by atoms with Gasteiger partial charge in [-0.1, -0.05) is 67.2 Å². The van der Waals surface area contributed by atoms with Crippen molar-refractivity contribution in [3.05, 3.63) is 60.3 Å². The summed E-state index contributed by atoms with van der Waals surface area (Å²) in [5.41, 5.74) is 1.08. The van der Waals surface area contributed by atoms with Crippen LogP contribution in [0, 0.1) is 0 Å². The van der Waals surface area contributed by atoms with Crippen LogP contribution in [0.15, 0.2) is 60.3 Å². The molecule has 0 aliphatic carbocycles. The minimum atomic E-state index is -0.320. The molecule has 0 amide bonds. The Morgan fingerprint density at radius 1 is 0.962 bits per heavy atom. The molecule has 146 valence electrons. The van der Waals surface area contributed by atoms with E-state index in [1.165, 1.54) is 5.57 Å². The van der Waals surface area contributed by atoms with Gasteiger partial charge in [0.15, 0.2) is 0 Å². The van der Waals surface area contributed by atoms with Crippen molar-refractivity contribution in [1.82, 2.24) is 0 Å². The van der Waals surface area contributed by atoms with Crippen molar-refractivity contribution >= 4 is 18.6 Å². The summed E-state index contributed by atoms with van der Waals surface area (Å²) in [6.45, 7) is 6.07. The Bertz CT molecular complexity index is 496. The van der Waals surface area contributed by atoms with Crippen molar-refractivity contribution in [2.45, 2.75) is 77.6 Å². The molecule has 2 nitrogen and oxygen atoms in total. The van der Waals surface area contributed by atoms with Gasteiger partial charge in [0, 0.05) is 6.42 Å². The van der Waals surface area contributed by atoms with E-state index >= 15 is 0 Å². The molecule has 0 aromatic rings. The van der Waals surface area contributed by atoms with Gasteiger partial charge in [0.2, 0.25) is 0 Å². The number of hydrogen-bond acceptors (Lipinski definition) is 3. The van der Waals surface area contributed by atoms with Crippen molar-refractivity contribution in [1.29, 1.82) is 0 Å². The number of carbonyl (C=O) groups excluding carboxylic acids is 1. The van der Waals surface area contributed by atoms with Gasteiger partial charge in [0.25, 0.3) is 0 Å². The van der Waals surface area contributed by atoms with Gasteiger partial charge >= 0.3 is 5.97 Å². The number of carbonyl (C=O) groups is 1. The van der Waals surface area contributed by atoms with E-state index in [0.717, 1.165) is 44.9 Å². The lowest BCUT2D eigenvalue weighted by molar-refractivity contribution is -0.144. The maximum absolute atomic E-state index is 11.3. The van der Waals surface area contributed by atoms with Crippen molar-refractivity contribution in [2.24, 2.45) is 0 Å². The third kappa shape index (κ3) is 18.9. The lowest BCUT2D eigenvalue weighted by atomic mass is 10.1. The Kier molecular flexibility index (Phi) is 17.3. The zero-order chi connectivity index (χ0) is 19.5. The van der Waals surface area contributed by atoms with Gasteiger partial charge in [0.05, 0.1) is 0 Å². The Balaban J connectivity index is 3.71. The molecule has 0 N–H and O–H groups in total. The second-order valence-corrected chi connectivity index (χ2v) is 6.96. The fourth-order valence-corrected chi connectivity index (χ4v) is 2.28. The summed E-state index contributed by atoms with van der Waals surface area (Å²) >= 11 is 4.03. The number of hydrogen-bond donors (Lipinski definition) is 1. The first-order valence-corrected chi connectivity index (χ1v) is 10.2. The number of ether oxygens (including phenoxy) is 1. The van der Waals surface area contributed by atoms with Crippen molar-refractivity contribution in [2.75, 3.05) is 0 Å². The fraction of sp³-hybridized carbons (Fsp3) is 0.522. The Morgan fingerprint density at radius 2 is 1.58 bits per heavy atom. The van der Waals surface area contributed by atoms with Gasteiger partial charge in [-0.3, -0.25) is 4.79 Å². The smallest absolute Gasteiger partial charge is 0.306 e. The first kappa shape index (κ1) is 24.5. The van der Waals surface area contributed by atoms with Crippen molar-refractivity contribution < 1.29 is 9.53 Å². The van der Waals surface area contributed by atoms with Crippen LogP contribution in [0.3, 0.4) is 0 Å². The number of allylic oxidation sites excluding steroid dienone is 10. The molecule has 1 unspecified atom stereocenters. The van der Waals surface area contributed by atoms with Gasteiger partial charge in [0.1, 0.15) is 5.44 Å². The van der Waals surface area contributed by atoms with Crippen LogP contribution in [0.2, 0.25) is 0 Å². The standard InChI is InChI=1S/C23H36O2S/c1-4-5-6-7-9-12-15-18-21(2)19-16-13-10-8-11-14-17-20-23(24)25-22(3)26/h5-6,8-9,11-13,16,18,22,26H,4,7,10,14-15,17,19-20H2,1-3H3. The molecule has 0 fully saturated rings. The first-order chi connectivity index (χ1) is 12.6. The highest BCUT2D eigenvalue weighted by Gasteiger charge is 2.03. The summed E-state index contributed by atoms with van der Waals surface area (Å²) in [7, 11) is 0. The average Bonchev–Trinajstić information content (AvgIpc) is 2.58. The van der Waals surface area contributed by atoms with E-state index < -0.39 is 0 Å². The second kappa shape index (κ2) is 18.3. The van der Waals surface area contributed by atoms with E-state index in [0.29, 0.717) is 6.42 Å². The lowest BCUT2D eigenvalue weighted by Gasteiger charge is -2.05. The van der Waals surface area contributed by atoms with Gasteiger partial charge < -0.3 is 4.74 Å². The number of rotatable bonds is 14. The molecule has 0 radical (unpaired) electrons. The van der Waals surface area contributed by atoms with Gasteiger partial charge in [-0.05, 0) is 58.8 Å². The first-order valence-electron chi connectivity index (χ1n) is 9.69. The van der Waals surface area contributed by atoms with Crippen LogP contribution in [0.1, 0.15) is 72.1 Å². The van der Waals surface area contributed by atoms with Crippen molar-refractivity contribution in [3.8, 4) is 0 Å². The quantitative estimate of drug-likeness (QED) is 0.115. The molecule has 0 rings (SSSR count). The Hall–Kier alpha value is -1.48. The topological polar surface area (TPSA) is 26.3 Å². The van der Waals surface area contributed by atoms with Crippen LogP contribution < -0.4 is 0 Å². The summed E-state index contributed by atoms with van der Waals surface area (Å²) in [6, 6.07) is 0. The average molecular weight is 377 g/mol. The molecule has 0 saturated carbocycles. The van der Waals surface area contributed by atoms with Gasteiger partial charge in [-0.15, -0.1) is 12.6 Å². The third-order valence-corrected chi connectivity index (χ3v) is 3.65. The highest BCUT2D eigenvalue weighted by atomic mass is 32.1. The zero-order valence-corrected chi connectivity index (χ0v) is 17.6. The highest BCUT2D eigenvalue weighted by Crippen LogP contribution is 2.06. The predicted octanol–water partition coefficient (Wildman–Crippen LogP) is 7.12. The Morgan fingerprint density at radius 3 is 2.27 bits per heavy atom. The third-order valence-electron chi connectivity index (χ3n) is 3.54. The summed E-state index contributed by atoms with van der Waals surface area (Å²) in [5.74, 6) is -0.171. The molecule has 0 spiro atoms. The summed E-state index contributed by atoms with van der Waals surface area (Å²) in [6.07, 6.45) is 27.1. The van der Waals surface area contributed by atoms with Gasteiger partial charge in [-0.25, -0.2) is 0 Å². The monoisotopic (exact) mass is 376 g/mol. The molecule has 0 bridgehead atoms. The summed E-state index contributed by atoms with van der Waals surface area (Å²) in [4.78, 5) is 11.3. The second-order valence-electron chi connectivity index (χ2n) is 6.24. The van der Waals surface area contributed by atoms with E-state index in [1.807, 2.05) is 0 Å². The molecule has 0 aliphatic heterocycles. The molecular weight excluding hydrogens is 340 g/mol. The minimum Gasteiger partial charge on any atom is -0.452 e. The molecule has 0 aliphatic rings. The molecule has 0 heterocycles. The minimum absolute atomic E-state index is 0.171. The van der Waals surface area contributed by atoms with E-state index in [1.54, 1.807) is 6.92 Å². The number of unbranched alkanes of at least 4 members (excludes halogenated alkanes) is 1. The summed E-state index contributed by atoms with van der Waals surface area (Å²) in [5, 5.41) is 0. The van der Waals surface area contributed by atoms with E-state index in [9.17, 15) is 4.79 Å². The van der Waals surface area contributed by atoms with Gasteiger partial charge in [-0.2, -0.15) is 0 Å². The van der Waals surface area contributed by atoms with E-state index in [-0.39, 0.29) is 11.4 Å². The molecule has 0 aromatic carbocycles. The normalized spacial score (nSPS) is 14.2. The maximum Gasteiger partial charge on any atom is 0.306 e. The molecule has 26 heavy (non-hydrogen) atoms. The number of thiol groups is 1. The molecule has 0 aromatic heterocycles. The SMILES string of the molecule is CCC=CCC=CCC=C(C)CC=CCC=CCCCC(=O)OC(C)S. The predicted molar refractivity (Wildman–Crippen MR) is 117 cm³/mol. The Labute approximate surface area is 166 Å². The molecule has 1 atom stereocenters. The zero-order valence-electron chi connectivity index (χ0n) is 16.7. The number of esters is 1. The van der Waals surface area contributed by atoms with Crippen LogP contribution in [0.4, 0.5) is 0 Å². The highest BCUT2D eigenvalue weighted by molar-refractivity contribution is 7.80. The van der Waals surface area contributed by atoms with Crippen LogP contribution in [-0.4, -0.2) is 11.4 Å². The van der Waals surface area contributed by atoms with Crippen LogP contribution in [0.5, 0.6) is 0 Å². The van der Waals surface area contributed by atoms with Crippen molar-refractivity contribution in [3.63, 3.8) is 0 Å². The molecule has 3 heteroatoms. The summed E-state index contributed by atoms with van der Waals surface area (Å²) < 4.78 is 4.97. The maximum atomic E-state index is 11.3. The van der Waals surface area contributed by atoms with Crippen LogP contribution in [0.25, 0.3) is 0 Å². The molecule has 0 saturated heterocycles. The van der Waals surface area contributed by atoms with E-state index in [2.05, 4.69) is 81.2 Å².